The zero-order valence-corrected chi connectivity index (χ0v) is 17.0. The Balaban J connectivity index is 1.83. The Kier molecular flexibility index (Phi) is 7.23. The molecule has 0 radical (unpaired) electrons. The number of nitrogens with one attached hydrogen (secondary N) is 2. The van der Waals surface area contributed by atoms with Crippen molar-refractivity contribution in [1.82, 2.24) is 10.6 Å². The smallest absolute Gasteiger partial charge is 0.252 e. The maximum atomic E-state index is 12.9. The molecular weight excluding hydrogens is 378 g/mol. The van der Waals surface area contributed by atoms with Gasteiger partial charge in [0.2, 0.25) is 5.91 Å². The quantitative estimate of drug-likeness (QED) is 0.521. The maximum absolute atomic E-state index is 12.9. The molecule has 0 aromatic heterocycles. The molecule has 154 valence electrons. The van der Waals surface area contributed by atoms with Gasteiger partial charge >= 0.3 is 0 Å². The summed E-state index contributed by atoms with van der Waals surface area (Å²) < 4.78 is 5.55. The van der Waals surface area contributed by atoms with Crippen LogP contribution >= 0.6 is 0 Å². The van der Waals surface area contributed by atoms with Gasteiger partial charge in [0.15, 0.2) is 0 Å². The van der Waals surface area contributed by atoms with Crippen molar-refractivity contribution in [2.45, 2.75) is 32.2 Å². The minimum Gasteiger partial charge on any atom is -0.493 e. The highest BCUT2D eigenvalue weighted by molar-refractivity contribution is 5.98. The molecule has 2 aromatic rings. The summed E-state index contributed by atoms with van der Waals surface area (Å²) in [5.74, 6) is 0.234. The predicted octanol–water partition coefficient (Wildman–Crippen LogP) is 3.55. The van der Waals surface area contributed by atoms with E-state index in [1.54, 1.807) is 30.3 Å². The molecule has 0 saturated carbocycles. The zero-order valence-electron chi connectivity index (χ0n) is 17.0. The average molecular weight is 403 g/mol. The molecule has 1 aliphatic rings. The molecule has 6 nitrogen and oxygen atoms in total. The van der Waals surface area contributed by atoms with E-state index in [4.69, 9.17) is 10.00 Å². The summed E-state index contributed by atoms with van der Waals surface area (Å²) in [6.45, 7) is 3.24. The standard InChI is InChI=1S/C24H25N3O3/c1-2-3-13-26-24(29)22(19-9-10-21-18(16-19)11-14-30-21)27-23(28)20-8-4-6-17(15-20)7-5-12-25/h4-10,15-16,22H,2-3,11,13-14H2,1H3,(H,26,29)(H,27,28)/b7-5+. The molecule has 0 fully saturated rings. The van der Waals surface area contributed by atoms with Gasteiger partial charge in [-0.15, -0.1) is 0 Å². The number of rotatable bonds is 8. The lowest BCUT2D eigenvalue weighted by atomic mass is 10.0. The van der Waals surface area contributed by atoms with Crippen LogP contribution in [0.4, 0.5) is 0 Å². The van der Waals surface area contributed by atoms with Gasteiger partial charge in [0.25, 0.3) is 5.91 Å². The van der Waals surface area contributed by atoms with Gasteiger partial charge in [-0.2, -0.15) is 5.26 Å². The molecule has 6 heteroatoms. The average Bonchev–Trinajstić information content (AvgIpc) is 3.24. The molecule has 0 spiro atoms. The molecule has 2 N–H and O–H groups in total. The lowest BCUT2D eigenvalue weighted by Gasteiger charge is -2.20. The molecule has 1 unspecified atom stereocenters. The highest BCUT2D eigenvalue weighted by atomic mass is 16.5. The van der Waals surface area contributed by atoms with E-state index in [9.17, 15) is 9.59 Å². The first-order valence-corrected chi connectivity index (χ1v) is 10.1. The molecular formula is C24H25N3O3. The van der Waals surface area contributed by atoms with E-state index in [0.717, 1.165) is 41.7 Å². The molecule has 2 aromatic carbocycles. The van der Waals surface area contributed by atoms with Crippen molar-refractivity contribution in [3.05, 3.63) is 70.8 Å². The third-order valence-electron chi connectivity index (χ3n) is 4.91. The van der Waals surface area contributed by atoms with Crippen LogP contribution in [0, 0.1) is 11.3 Å². The highest BCUT2D eigenvalue weighted by Crippen LogP contribution is 2.28. The number of fused-ring (bicyclic) bond motifs is 1. The topological polar surface area (TPSA) is 91.2 Å². The summed E-state index contributed by atoms with van der Waals surface area (Å²) in [6, 6.07) is 13.6. The third kappa shape index (κ3) is 5.26. The van der Waals surface area contributed by atoms with Crippen molar-refractivity contribution < 1.29 is 14.3 Å². The summed E-state index contributed by atoms with van der Waals surface area (Å²) >= 11 is 0. The minimum atomic E-state index is -0.807. The summed E-state index contributed by atoms with van der Waals surface area (Å²) in [6.07, 6.45) is 5.61. The Morgan fingerprint density at radius 3 is 2.93 bits per heavy atom. The second-order valence-electron chi connectivity index (χ2n) is 7.10. The molecule has 2 amide bonds. The van der Waals surface area contributed by atoms with Crippen LogP contribution in [-0.4, -0.2) is 25.0 Å². The van der Waals surface area contributed by atoms with Gasteiger partial charge in [-0.25, -0.2) is 0 Å². The second-order valence-corrected chi connectivity index (χ2v) is 7.10. The Hall–Kier alpha value is -3.59. The van der Waals surface area contributed by atoms with Crippen molar-refractivity contribution in [3.8, 4) is 11.8 Å². The molecule has 1 atom stereocenters. The van der Waals surface area contributed by atoms with Crippen LogP contribution in [0.3, 0.4) is 0 Å². The largest absolute Gasteiger partial charge is 0.493 e. The van der Waals surface area contributed by atoms with E-state index in [1.165, 1.54) is 6.08 Å². The Labute approximate surface area is 176 Å². The monoisotopic (exact) mass is 403 g/mol. The molecule has 3 rings (SSSR count). The predicted molar refractivity (Wildman–Crippen MR) is 115 cm³/mol. The number of amides is 2. The van der Waals surface area contributed by atoms with Crippen LogP contribution in [0.5, 0.6) is 5.75 Å². The fraction of sp³-hybridized carbons (Fsp3) is 0.292. The van der Waals surface area contributed by atoms with Gasteiger partial charge in [-0.1, -0.05) is 31.5 Å². The lowest BCUT2D eigenvalue weighted by molar-refractivity contribution is -0.123. The third-order valence-corrected chi connectivity index (χ3v) is 4.91. The number of benzene rings is 2. The minimum absolute atomic E-state index is 0.240. The van der Waals surface area contributed by atoms with Crippen LogP contribution in [0.1, 0.15) is 52.9 Å². The number of allylic oxidation sites excluding steroid dienone is 1. The van der Waals surface area contributed by atoms with Crippen LogP contribution in [0.15, 0.2) is 48.5 Å². The number of ether oxygens (including phenoxy) is 1. The van der Waals surface area contributed by atoms with Crippen LogP contribution in [0.25, 0.3) is 6.08 Å². The lowest BCUT2D eigenvalue weighted by Crippen LogP contribution is -2.40. The van der Waals surface area contributed by atoms with Gasteiger partial charge in [0.1, 0.15) is 11.8 Å². The van der Waals surface area contributed by atoms with E-state index in [2.05, 4.69) is 17.6 Å². The zero-order chi connectivity index (χ0) is 21.3. The van der Waals surface area contributed by atoms with Crippen molar-refractivity contribution in [2.24, 2.45) is 0 Å². The van der Waals surface area contributed by atoms with E-state index >= 15 is 0 Å². The first-order chi connectivity index (χ1) is 14.6. The highest BCUT2D eigenvalue weighted by Gasteiger charge is 2.25. The van der Waals surface area contributed by atoms with Gasteiger partial charge in [0.05, 0.1) is 12.7 Å². The summed E-state index contributed by atoms with van der Waals surface area (Å²) in [5.41, 5.74) is 2.92. The fourth-order valence-corrected chi connectivity index (χ4v) is 3.31. The molecule has 1 heterocycles. The number of unbranched alkanes of at least 4 members (excludes halogenated alkanes) is 1. The summed E-state index contributed by atoms with van der Waals surface area (Å²) in [7, 11) is 0. The number of nitrogens with zero attached hydrogens (tertiary/aromatic N) is 1. The summed E-state index contributed by atoms with van der Waals surface area (Å²) in [5, 5.41) is 14.5. The Bertz CT molecular complexity index is 991. The number of carbonyl (C=O) groups excluding carboxylic acids is 2. The maximum Gasteiger partial charge on any atom is 0.252 e. The Morgan fingerprint density at radius 2 is 2.13 bits per heavy atom. The fourth-order valence-electron chi connectivity index (χ4n) is 3.31. The molecule has 30 heavy (non-hydrogen) atoms. The van der Waals surface area contributed by atoms with Crippen molar-refractivity contribution in [1.29, 1.82) is 5.26 Å². The van der Waals surface area contributed by atoms with Gasteiger partial charge in [-0.3, -0.25) is 9.59 Å². The number of carbonyl (C=O) groups is 2. The van der Waals surface area contributed by atoms with E-state index < -0.39 is 6.04 Å². The van der Waals surface area contributed by atoms with Crippen molar-refractivity contribution >= 4 is 17.9 Å². The molecule has 0 saturated heterocycles. The van der Waals surface area contributed by atoms with Crippen molar-refractivity contribution in [2.75, 3.05) is 13.2 Å². The van der Waals surface area contributed by atoms with E-state index in [0.29, 0.717) is 18.7 Å². The number of nitriles is 1. The normalized spacial score (nSPS) is 13.2. The first-order valence-electron chi connectivity index (χ1n) is 10.1. The van der Waals surface area contributed by atoms with Crippen molar-refractivity contribution in [3.63, 3.8) is 0 Å². The van der Waals surface area contributed by atoms with Crippen LogP contribution in [0.2, 0.25) is 0 Å². The van der Waals surface area contributed by atoms with Gasteiger partial charge in [-0.05, 0) is 53.5 Å². The number of hydrogen-bond donors (Lipinski definition) is 2. The SMILES string of the molecule is CCCCNC(=O)C(NC(=O)c1cccc(/C=C/C#N)c1)c1ccc2c(c1)CCO2. The van der Waals surface area contributed by atoms with E-state index in [1.807, 2.05) is 24.3 Å². The molecule has 1 aliphatic heterocycles. The van der Waals surface area contributed by atoms with Crippen LogP contribution in [-0.2, 0) is 11.2 Å². The van der Waals surface area contributed by atoms with Gasteiger partial charge < -0.3 is 15.4 Å². The Morgan fingerprint density at radius 1 is 1.27 bits per heavy atom. The molecule has 0 aliphatic carbocycles. The molecule has 0 bridgehead atoms. The number of hydrogen-bond acceptors (Lipinski definition) is 4. The van der Waals surface area contributed by atoms with Gasteiger partial charge in [0, 0.05) is 24.6 Å². The first kappa shape index (κ1) is 21.1. The second kappa shape index (κ2) is 10.3. The van der Waals surface area contributed by atoms with E-state index in [-0.39, 0.29) is 11.8 Å². The summed E-state index contributed by atoms with van der Waals surface area (Å²) in [4.78, 5) is 25.8. The van der Waals surface area contributed by atoms with Crippen LogP contribution < -0.4 is 15.4 Å².